The molecule has 2 rings (SSSR count). The van der Waals surface area contributed by atoms with Crippen molar-refractivity contribution in [3.63, 3.8) is 0 Å². The average Bonchev–Trinajstić information content (AvgIpc) is 2.67. The van der Waals surface area contributed by atoms with Crippen LogP contribution in [0.2, 0.25) is 0 Å². The molecule has 138 valence electrons. The van der Waals surface area contributed by atoms with Crippen LogP contribution in [0.5, 0.6) is 5.75 Å². The molecule has 2 aromatic rings. The maximum Gasteiger partial charge on any atom is 0.261 e. The Labute approximate surface area is 155 Å². The molecule has 5 heteroatoms. The van der Waals surface area contributed by atoms with Gasteiger partial charge in [0.25, 0.3) is 5.91 Å². The number of amides is 2. The van der Waals surface area contributed by atoms with Gasteiger partial charge in [-0.15, -0.1) is 0 Å². The van der Waals surface area contributed by atoms with Crippen molar-refractivity contribution in [2.24, 2.45) is 0 Å². The molecule has 5 nitrogen and oxygen atoms in total. The number of nitrogens with one attached hydrogen (secondary N) is 1. The first-order valence-electron chi connectivity index (χ1n) is 8.76. The van der Waals surface area contributed by atoms with Crippen LogP contribution in [-0.2, 0) is 16.0 Å². The van der Waals surface area contributed by atoms with E-state index < -0.39 is 6.04 Å². The van der Waals surface area contributed by atoms with Gasteiger partial charge in [-0.05, 0) is 37.5 Å². The van der Waals surface area contributed by atoms with Crippen molar-refractivity contribution in [1.82, 2.24) is 10.2 Å². The van der Waals surface area contributed by atoms with E-state index in [0.29, 0.717) is 18.7 Å². The zero-order valence-electron chi connectivity index (χ0n) is 15.6. The molecule has 0 aromatic heterocycles. The van der Waals surface area contributed by atoms with Crippen molar-refractivity contribution in [2.45, 2.75) is 26.3 Å². The number of aryl methyl sites for hydroxylation is 1. The van der Waals surface area contributed by atoms with Gasteiger partial charge in [0.1, 0.15) is 11.8 Å². The minimum Gasteiger partial charge on any atom is -0.484 e. The van der Waals surface area contributed by atoms with Gasteiger partial charge in [-0.25, -0.2) is 0 Å². The Balaban J connectivity index is 2.05. The molecular formula is C21H26N2O3. The predicted molar refractivity (Wildman–Crippen MR) is 102 cm³/mol. The number of hydrogen-bond donors (Lipinski definition) is 1. The lowest BCUT2D eigenvalue weighted by Crippen LogP contribution is -2.49. The van der Waals surface area contributed by atoms with Gasteiger partial charge >= 0.3 is 0 Å². The fourth-order valence-corrected chi connectivity index (χ4v) is 2.72. The summed E-state index contributed by atoms with van der Waals surface area (Å²) in [4.78, 5) is 26.4. The number of ether oxygens (including phenoxy) is 1. The highest BCUT2D eigenvalue weighted by Crippen LogP contribution is 2.16. The van der Waals surface area contributed by atoms with Crippen LogP contribution < -0.4 is 10.1 Å². The van der Waals surface area contributed by atoms with Crippen molar-refractivity contribution in [3.8, 4) is 5.75 Å². The molecule has 0 aliphatic heterocycles. The summed E-state index contributed by atoms with van der Waals surface area (Å²) in [6, 6.07) is 16.9. The smallest absolute Gasteiger partial charge is 0.261 e. The summed E-state index contributed by atoms with van der Waals surface area (Å²) in [6.07, 6.45) is 0.679. The topological polar surface area (TPSA) is 58.6 Å². The van der Waals surface area contributed by atoms with Crippen molar-refractivity contribution >= 4 is 11.8 Å². The van der Waals surface area contributed by atoms with E-state index in [0.717, 1.165) is 11.1 Å². The highest BCUT2D eigenvalue weighted by Gasteiger charge is 2.25. The molecule has 0 unspecified atom stereocenters. The molecule has 0 aliphatic rings. The van der Waals surface area contributed by atoms with Crippen LogP contribution in [-0.4, -0.2) is 43.0 Å². The second-order valence-electron chi connectivity index (χ2n) is 6.17. The number of likely N-dealkylation sites (N-methyl/N-ethyl adjacent to an activating group) is 1. The van der Waals surface area contributed by atoms with Crippen LogP contribution in [0.25, 0.3) is 0 Å². The number of carbonyl (C=O) groups excluding carboxylic acids is 2. The van der Waals surface area contributed by atoms with E-state index in [4.69, 9.17) is 4.74 Å². The maximum atomic E-state index is 12.7. The first-order valence-corrected chi connectivity index (χ1v) is 8.76. The van der Waals surface area contributed by atoms with Gasteiger partial charge < -0.3 is 15.0 Å². The van der Waals surface area contributed by atoms with E-state index in [-0.39, 0.29) is 18.4 Å². The number of hydrogen-bond acceptors (Lipinski definition) is 3. The van der Waals surface area contributed by atoms with Crippen molar-refractivity contribution in [3.05, 3.63) is 65.7 Å². The third kappa shape index (κ3) is 5.34. The second-order valence-corrected chi connectivity index (χ2v) is 6.17. The number of benzene rings is 2. The average molecular weight is 354 g/mol. The highest BCUT2D eigenvalue weighted by atomic mass is 16.5. The Morgan fingerprint density at radius 2 is 1.73 bits per heavy atom. The minimum atomic E-state index is -0.559. The van der Waals surface area contributed by atoms with Crippen LogP contribution in [0.1, 0.15) is 18.1 Å². The predicted octanol–water partition coefficient (Wildman–Crippen LogP) is 2.58. The Bertz CT molecular complexity index is 731. The maximum absolute atomic E-state index is 12.7. The van der Waals surface area contributed by atoms with Crippen LogP contribution >= 0.6 is 0 Å². The first kappa shape index (κ1) is 19.5. The van der Waals surface area contributed by atoms with Gasteiger partial charge in [0.2, 0.25) is 5.91 Å². The number of carbonyl (C=O) groups is 2. The van der Waals surface area contributed by atoms with Gasteiger partial charge in [-0.1, -0.05) is 48.5 Å². The molecule has 1 N–H and O–H groups in total. The van der Waals surface area contributed by atoms with E-state index in [1.165, 1.54) is 0 Å². The fourth-order valence-electron chi connectivity index (χ4n) is 2.72. The lowest BCUT2D eigenvalue weighted by Gasteiger charge is -2.28. The second kappa shape index (κ2) is 9.61. The highest BCUT2D eigenvalue weighted by molar-refractivity contribution is 5.87. The van der Waals surface area contributed by atoms with Crippen LogP contribution in [0.4, 0.5) is 0 Å². The van der Waals surface area contributed by atoms with Crippen molar-refractivity contribution < 1.29 is 14.3 Å². The van der Waals surface area contributed by atoms with Crippen LogP contribution in [0, 0.1) is 6.92 Å². The molecule has 0 saturated carbocycles. The lowest BCUT2D eigenvalue weighted by molar-refractivity contribution is -0.141. The Morgan fingerprint density at radius 1 is 1.08 bits per heavy atom. The van der Waals surface area contributed by atoms with Gasteiger partial charge in [0.05, 0.1) is 0 Å². The molecule has 0 saturated heterocycles. The molecule has 0 heterocycles. The molecule has 26 heavy (non-hydrogen) atoms. The molecule has 0 bridgehead atoms. The number of para-hydroxylation sites is 1. The van der Waals surface area contributed by atoms with Gasteiger partial charge in [-0.2, -0.15) is 0 Å². The zero-order chi connectivity index (χ0) is 18.9. The summed E-state index contributed by atoms with van der Waals surface area (Å²) in [5.74, 6) is 0.277. The van der Waals surface area contributed by atoms with E-state index in [9.17, 15) is 9.59 Å². The summed E-state index contributed by atoms with van der Waals surface area (Å²) < 4.78 is 5.67. The molecule has 0 aliphatic carbocycles. The van der Waals surface area contributed by atoms with Crippen molar-refractivity contribution in [2.75, 3.05) is 20.2 Å². The van der Waals surface area contributed by atoms with Gasteiger partial charge in [-0.3, -0.25) is 9.59 Å². The Hall–Kier alpha value is -2.82. The zero-order valence-corrected chi connectivity index (χ0v) is 15.6. The quantitative estimate of drug-likeness (QED) is 0.793. The first-order chi connectivity index (χ1) is 12.5. The molecule has 0 spiro atoms. The number of rotatable bonds is 8. The van der Waals surface area contributed by atoms with E-state index >= 15 is 0 Å². The molecule has 0 radical (unpaired) electrons. The summed E-state index contributed by atoms with van der Waals surface area (Å²) in [7, 11) is 1.57. The molecular weight excluding hydrogens is 328 g/mol. The standard InChI is InChI=1S/C21H26N2O3/c1-16-9-7-8-12-19(16)26-15-20(24)23(17(2)21(25)22-3)14-13-18-10-5-4-6-11-18/h4-12,17H,13-15H2,1-3H3,(H,22,25)/t17-/m0/s1. The summed E-state index contributed by atoms with van der Waals surface area (Å²) in [5, 5.41) is 2.61. The van der Waals surface area contributed by atoms with Crippen molar-refractivity contribution in [1.29, 1.82) is 0 Å². The SMILES string of the molecule is CNC(=O)[C@H](C)N(CCc1ccccc1)C(=O)COc1ccccc1C. The van der Waals surface area contributed by atoms with Gasteiger partial charge in [0.15, 0.2) is 6.61 Å². The Kier molecular flexibility index (Phi) is 7.21. The van der Waals surface area contributed by atoms with Crippen LogP contribution in [0.3, 0.4) is 0 Å². The lowest BCUT2D eigenvalue weighted by atomic mass is 10.1. The molecule has 2 aromatic carbocycles. The Morgan fingerprint density at radius 3 is 2.38 bits per heavy atom. The third-order valence-electron chi connectivity index (χ3n) is 4.34. The number of nitrogens with zero attached hydrogens (tertiary/aromatic N) is 1. The summed E-state index contributed by atoms with van der Waals surface area (Å²) >= 11 is 0. The van der Waals surface area contributed by atoms with E-state index in [1.54, 1.807) is 18.9 Å². The normalized spacial score (nSPS) is 11.5. The molecule has 0 fully saturated rings. The fraction of sp³-hybridized carbons (Fsp3) is 0.333. The van der Waals surface area contributed by atoms with Crippen LogP contribution in [0.15, 0.2) is 54.6 Å². The van der Waals surface area contributed by atoms with Gasteiger partial charge in [0, 0.05) is 13.6 Å². The summed E-state index contributed by atoms with van der Waals surface area (Å²) in [6.45, 7) is 4.02. The third-order valence-corrected chi connectivity index (χ3v) is 4.34. The van der Waals surface area contributed by atoms with E-state index in [1.807, 2.05) is 61.5 Å². The largest absolute Gasteiger partial charge is 0.484 e. The molecule has 2 amide bonds. The monoisotopic (exact) mass is 354 g/mol. The van der Waals surface area contributed by atoms with E-state index in [2.05, 4.69) is 5.32 Å². The molecule has 1 atom stereocenters. The summed E-state index contributed by atoms with van der Waals surface area (Å²) in [5.41, 5.74) is 2.09. The minimum absolute atomic E-state index is 0.0963.